The van der Waals surface area contributed by atoms with Crippen LogP contribution < -0.4 is 4.90 Å². The van der Waals surface area contributed by atoms with Gasteiger partial charge in [-0.1, -0.05) is 84.9 Å². The second kappa shape index (κ2) is 10.6. The molecule has 6 rings (SSSR count). The predicted molar refractivity (Wildman–Crippen MR) is 151 cm³/mol. The van der Waals surface area contributed by atoms with Crippen LogP contribution >= 0.6 is 0 Å². The quantitative estimate of drug-likeness (QED) is 0.224. The van der Waals surface area contributed by atoms with Crippen LogP contribution in [-0.4, -0.2) is 15.0 Å². The van der Waals surface area contributed by atoms with Crippen LogP contribution in [0.15, 0.2) is 133 Å². The predicted octanol–water partition coefficient (Wildman–Crippen LogP) is 8.62. The van der Waals surface area contributed by atoms with Crippen LogP contribution in [0.4, 0.5) is 25.8 Å². The Morgan fingerprint density at radius 3 is 1.41 bits per heavy atom. The molecule has 0 aliphatic carbocycles. The molecule has 0 aliphatic rings. The number of rotatable bonds is 6. The summed E-state index contributed by atoms with van der Waals surface area (Å²) < 4.78 is 28.8. The normalized spacial score (nSPS) is 10.8. The summed E-state index contributed by atoms with van der Waals surface area (Å²) in [7, 11) is 0. The van der Waals surface area contributed by atoms with E-state index in [2.05, 4.69) is 0 Å². The Kier molecular flexibility index (Phi) is 6.58. The molecule has 0 bridgehead atoms. The van der Waals surface area contributed by atoms with Crippen LogP contribution in [-0.2, 0) is 0 Å². The zero-order valence-corrected chi connectivity index (χ0v) is 20.7. The lowest BCUT2D eigenvalue weighted by Gasteiger charge is -2.27. The summed E-state index contributed by atoms with van der Waals surface area (Å²) in [4.78, 5) is 16.3. The molecule has 0 radical (unpaired) electrons. The van der Waals surface area contributed by atoms with Crippen LogP contribution in [0.1, 0.15) is 0 Å². The third-order valence-electron chi connectivity index (χ3n) is 6.22. The van der Waals surface area contributed by atoms with Gasteiger partial charge in [0.25, 0.3) is 0 Å². The minimum atomic E-state index is -0.399. The molecule has 0 saturated carbocycles. The van der Waals surface area contributed by atoms with Crippen molar-refractivity contribution in [3.8, 4) is 34.2 Å². The van der Waals surface area contributed by atoms with Crippen molar-refractivity contribution in [2.75, 3.05) is 4.90 Å². The van der Waals surface area contributed by atoms with E-state index in [4.69, 9.17) is 15.0 Å². The third kappa shape index (κ3) is 5.13. The van der Waals surface area contributed by atoms with E-state index in [1.165, 1.54) is 24.3 Å². The number of para-hydroxylation sites is 1. The van der Waals surface area contributed by atoms with Crippen LogP contribution in [0.2, 0.25) is 0 Å². The Morgan fingerprint density at radius 1 is 0.436 bits per heavy atom. The molecule has 0 fully saturated rings. The highest BCUT2D eigenvalue weighted by Crippen LogP contribution is 2.40. The molecule has 1 aromatic heterocycles. The standard InChI is InChI=1S/C33H22F2N4/c34-25-15-9-17-27(21-25)39(28-18-10-16-26(35)22-28)30-20-8-7-19-29(30)33-37-31(23-11-3-1-4-12-23)36-32(38-33)24-13-5-2-6-14-24/h1-22H. The molecule has 0 saturated heterocycles. The van der Waals surface area contributed by atoms with Crippen molar-refractivity contribution in [2.24, 2.45) is 0 Å². The summed E-state index contributed by atoms with van der Waals surface area (Å²) in [5.74, 6) is 0.694. The number of aromatic nitrogens is 3. The lowest BCUT2D eigenvalue weighted by atomic mass is 10.1. The fourth-order valence-electron chi connectivity index (χ4n) is 4.44. The summed E-state index contributed by atoms with van der Waals surface area (Å²) >= 11 is 0. The number of hydrogen-bond donors (Lipinski definition) is 0. The van der Waals surface area contributed by atoms with E-state index in [1.807, 2.05) is 84.9 Å². The zero-order chi connectivity index (χ0) is 26.6. The van der Waals surface area contributed by atoms with Gasteiger partial charge in [-0.3, -0.25) is 0 Å². The van der Waals surface area contributed by atoms with E-state index < -0.39 is 11.6 Å². The molecule has 0 atom stereocenters. The fraction of sp³-hybridized carbons (Fsp3) is 0. The molecule has 188 valence electrons. The van der Waals surface area contributed by atoms with Crippen LogP contribution in [0.5, 0.6) is 0 Å². The van der Waals surface area contributed by atoms with Gasteiger partial charge in [-0.05, 0) is 48.5 Å². The molecule has 0 unspecified atom stereocenters. The van der Waals surface area contributed by atoms with Gasteiger partial charge in [0.05, 0.1) is 5.69 Å². The highest BCUT2D eigenvalue weighted by Gasteiger charge is 2.21. The van der Waals surface area contributed by atoms with Gasteiger partial charge in [-0.15, -0.1) is 0 Å². The first-order valence-electron chi connectivity index (χ1n) is 12.4. The topological polar surface area (TPSA) is 41.9 Å². The molecule has 6 heteroatoms. The van der Waals surface area contributed by atoms with E-state index >= 15 is 0 Å². The Balaban J connectivity index is 1.59. The first-order valence-corrected chi connectivity index (χ1v) is 12.4. The summed E-state index contributed by atoms with van der Waals surface area (Å²) in [5, 5.41) is 0. The summed E-state index contributed by atoms with van der Waals surface area (Å²) in [6.45, 7) is 0. The van der Waals surface area contributed by atoms with Crippen molar-refractivity contribution >= 4 is 17.1 Å². The molecule has 0 N–H and O–H groups in total. The monoisotopic (exact) mass is 512 g/mol. The lowest BCUT2D eigenvalue weighted by molar-refractivity contribution is 0.627. The van der Waals surface area contributed by atoms with Gasteiger partial charge >= 0.3 is 0 Å². The Hall–Kier alpha value is -5.23. The smallest absolute Gasteiger partial charge is 0.166 e. The number of hydrogen-bond acceptors (Lipinski definition) is 4. The van der Waals surface area contributed by atoms with E-state index in [0.29, 0.717) is 40.1 Å². The van der Waals surface area contributed by atoms with E-state index in [0.717, 1.165) is 11.1 Å². The maximum absolute atomic E-state index is 14.4. The second-order valence-corrected chi connectivity index (χ2v) is 8.85. The third-order valence-corrected chi connectivity index (χ3v) is 6.22. The van der Waals surface area contributed by atoms with Gasteiger partial charge in [0.15, 0.2) is 17.5 Å². The largest absolute Gasteiger partial charge is 0.310 e. The highest BCUT2D eigenvalue weighted by molar-refractivity contribution is 5.86. The van der Waals surface area contributed by atoms with E-state index in [-0.39, 0.29) is 0 Å². The first kappa shape index (κ1) is 24.1. The van der Waals surface area contributed by atoms with Gasteiger partial charge < -0.3 is 4.90 Å². The van der Waals surface area contributed by atoms with Crippen molar-refractivity contribution in [1.82, 2.24) is 15.0 Å². The molecule has 0 aliphatic heterocycles. The Morgan fingerprint density at radius 2 is 0.897 bits per heavy atom. The van der Waals surface area contributed by atoms with Gasteiger partial charge in [-0.25, -0.2) is 23.7 Å². The highest BCUT2D eigenvalue weighted by atomic mass is 19.1. The van der Waals surface area contributed by atoms with Crippen molar-refractivity contribution in [1.29, 1.82) is 0 Å². The summed E-state index contributed by atoms with van der Waals surface area (Å²) in [6.07, 6.45) is 0. The van der Waals surface area contributed by atoms with Gasteiger partial charge in [0.1, 0.15) is 11.6 Å². The molecule has 5 aromatic carbocycles. The average Bonchev–Trinajstić information content (AvgIpc) is 2.98. The number of halogens is 2. The molecule has 39 heavy (non-hydrogen) atoms. The average molecular weight is 513 g/mol. The molecule has 0 spiro atoms. The van der Waals surface area contributed by atoms with Gasteiger partial charge in [-0.2, -0.15) is 0 Å². The Bertz CT molecular complexity index is 1640. The van der Waals surface area contributed by atoms with Crippen molar-refractivity contribution in [3.63, 3.8) is 0 Å². The SMILES string of the molecule is Fc1cccc(N(c2cccc(F)c2)c2ccccc2-c2nc(-c3ccccc3)nc(-c3ccccc3)n2)c1. The van der Waals surface area contributed by atoms with E-state index in [1.54, 1.807) is 29.2 Å². The molecule has 1 heterocycles. The van der Waals surface area contributed by atoms with Crippen LogP contribution in [0, 0.1) is 11.6 Å². The van der Waals surface area contributed by atoms with Gasteiger partial charge in [0.2, 0.25) is 0 Å². The number of nitrogens with zero attached hydrogens (tertiary/aromatic N) is 4. The maximum atomic E-state index is 14.4. The minimum Gasteiger partial charge on any atom is -0.310 e. The first-order chi connectivity index (χ1) is 19.2. The van der Waals surface area contributed by atoms with E-state index in [9.17, 15) is 8.78 Å². The Labute approximate surface area is 224 Å². The maximum Gasteiger partial charge on any atom is 0.166 e. The van der Waals surface area contributed by atoms with Gasteiger partial charge in [0, 0.05) is 28.1 Å². The van der Waals surface area contributed by atoms with Crippen molar-refractivity contribution < 1.29 is 8.78 Å². The molecular formula is C33H22F2N4. The number of anilines is 3. The minimum absolute atomic E-state index is 0.399. The van der Waals surface area contributed by atoms with Crippen LogP contribution in [0.25, 0.3) is 34.2 Å². The lowest BCUT2D eigenvalue weighted by Crippen LogP contribution is -2.12. The number of benzene rings is 5. The summed E-state index contributed by atoms with van der Waals surface area (Å²) in [5.41, 5.74) is 4.12. The van der Waals surface area contributed by atoms with Crippen molar-refractivity contribution in [3.05, 3.63) is 145 Å². The van der Waals surface area contributed by atoms with Crippen LogP contribution in [0.3, 0.4) is 0 Å². The molecular weight excluding hydrogens is 490 g/mol. The molecule has 6 aromatic rings. The zero-order valence-electron chi connectivity index (χ0n) is 20.7. The summed E-state index contributed by atoms with van der Waals surface area (Å²) in [6, 6.07) is 39.4. The molecule has 0 amide bonds. The fourth-order valence-corrected chi connectivity index (χ4v) is 4.44. The molecule has 4 nitrogen and oxygen atoms in total. The van der Waals surface area contributed by atoms with Crippen molar-refractivity contribution in [2.45, 2.75) is 0 Å². The second-order valence-electron chi connectivity index (χ2n) is 8.85.